The standard InChI is InChI=1S/C6H11NO4/c1-2-3-4-10-5-6-11-7(8)9/h2H,1,3-6H2. The third kappa shape index (κ3) is 8.90. The minimum atomic E-state index is -0.836. The van der Waals surface area contributed by atoms with E-state index in [0.717, 1.165) is 6.42 Å². The molecule has 64 valence electrons. The zero-order chi connectivity index (χ0) is 8.53. The number of hydrogen-bond donors (Lipinski definition) is 0. The number of rotatable bonds is 7. The van der Waals surface area contributed by atoms with Crippen LogP contribution in [-0.4, -0.2) is 24.9 Å². The van der Waals surface area contributed by atoms with Crippen molar-refractivity contribution in [2.75, 3.05) is 19.8 Å². The van der Waals surface area contributed by atoms with E-state index in [4.69, 9.17) is 4.74 Å². The molecule has 0 amide bonds. The monoisotopic (exact) mass is 161 g/mol. The summed E-state index contributed by atoms with van der Waals surface area (Å²) in [7, 11) is 0. The molecule has 5 nitrogen and oxygen atoms in total. The lowest BCUT2D eigenvalue weighted by Gasteiger charge is -1.99. The second-order valence-corrected chi connectivity index (χ2v) is 1.75. The molecule has 0 aliphatic carbocycles. The highest BCUT2D eigenvalue weighted by molar-refractivity contribution is 4.64. The van der Waals surface area contributed by atoms with Crippen LogP contribution in [0.5, 0.6) is 0 Å². The summed E-state index contributed by atoms with van der Waals surface area (Å²) in [6, 6.07) is 0. The van der Waals surface area contributed by atoms with Gasteiger partial charge >= 0.3 is 0 Å². The van der Waals surface area contributed by atoms with Gasteiger partial charge in [-0.15, -0.1) is 16.7 Å². The van der Waals surface area contributed by atoms with Gasteiger partial charge in [0, 0.05) is 0 Å². The van der Waals surface area contributed by atoms with Crippen molar-refractivity contribution in [2.24, 2.45) is 0 Å². The van der Waals surface area contributed by atoms with E-state index >= 15 is 0 Å². The maximum Gasteiger partial charge on any atom is 0.294 e. The molecule has 0 fully saturated rings. The van der Waals surface area contributed by atoms with Crippen LogP contribution in [0.3, 0.4) is 0 Å². The highest BCUT2D eigenvalue weighted by atomic mass is 17.0. The van der Waals surface area contributed by atoms with Crippen LogP contribution in [0.25, 0.3) is 0 Å². The van der Waals surface area contributed by atoms with Gasteiger partial charge in [-0.05, 0) is 6.42 Å². The molecular weight excluding hydrogens is 150 g/mol. The summed E-state index contributed by atoms with van der Waals surface area (Å²) in [5.41, 5.74) is 0. The summed E-state index contributed by atoms with van der Waals surface area (Å²) < 4.78 is 4.92. The minimum absolute atomic E-state index is 0.00978. The van der Waals surface area contributed by atoms with E-state index in [1.807, 2.05) is 0 Å². The first-order valence-corrected chi connectivity index (χ1v) is 3.23. The van der Waals surface area contributed by atoms with Crippen LogP contribution in [0, 0.1) is 10.1 Å². The average molecular weight is 161 g/mol. The Labute approximate surface area is 64.7 Å². The second kappa shape index (κ2) is 7.01. The molecule has 0 aromatic rings. The van der Waals surface area contributed by atoms with Gasteiger partial charge in [-0.1, -0.05) is 6.08 Å². The summed E-state index contributed by atoms with van der Waals surface area (Å²) in [4.78, 5) is 13.6. The van der Waals surface area contributed by atoms with Gasteiger partial charge in [0.15, 0.2) is 0 Å². The molecule has 0 atom stereocenters. The molecule has 0 heterocycles. The molecular formula is C6H11NO4. The first-order valence-electron chi connectivity index (χ1n) is 3.23. The normalized spacial score (nSPS) is 9.09. The van der Waals surface area contributed by atoms with Gasteiger partial charge in [0.2, 0.25) is 0 Å². The predicted molar refractivity (Wildman–Crippen MR) is 38.6 cm³/mol. The smallest absolute Gasteiger partial charge is 0.294 e. The Kier molecular flexibility index (Phi) is 6.31. The topological polar surface area (TPSA) is 61.6 Å². The van der Waals surface area contributed by atoms with Crippen molar-refractivity contribution in [2.45, 2.75) is 6.42 Å². The Morgan fingerprint density at radius 2 is 2.18 bits per heavy atom. The maximum atomic E-state index is 9.60. The van der Waals surface area contributed by atoms with E-state index in [0.29, 0.717) is 6.61 Å². The van der Waals surface area contributed by atoms with Crippen molar-refractivity contribution in [3.63, 3.8) is 0 Å². The van der Waals surface area contributed by atoms with Crippen molar-refractivity contribution < 1.29 is 14.7 Å². The molecule has 0 spiro atoms. The van der Waals surface area contributed by atoms with Crippen molar-refractivity contribution in [3.8, 4) is 0 Å². The summed E-state index contributed by atoms with van der Waals surface area (Å²) in [5.74, 6) is 0. The lowest BCUT2D eigenvalue weighted by molar-refractivity contribution is -0.758. The zero-order valence-corrected chi connectivity index (χ0v) is 6.19. The fraction of sp³-hybridized carbons (Fsp3) is 0.667. The number of nitrogens with zero attached hydrogens (tertiary/aromatic N) is 1. The predicted octanol–water partition coefficient (Wildman–Crippen LogP) is 0.787. The molecule has 0 aliphatic heterocycles. The Bertz CT molecular complexity index is 126. The van der Waals surface area contributed by atoms with Gasteiger partial charge in [-0.3, -0.25) is 0 Å². The Morgan fingerprint density at radius 1 is 1.45 bits per heavy atom. The second-order valence-electron chi connectivity index (χ2n) is 1.75. The van der Waals surface area contributed by atoms with Crippen LogP contribution in [-0.2, 0) is 9.57 Å². The van der Waals surface area contributed by atoms with E-state index in [1.54, 1.807) is 6.08 Å². The first-order chi connectivity index (χ1) is 5.27. The van der Waals surface area contributed by atoms with E-state index in [1.165, 1.54) is 0 Å². The summed E-state index contributed by atoms with van der Waals surface area (Å²) in [5, 5.41) is 8.76. The highest BCUT2D eigenvalue weighted by Crippen LogP contribution is 1.83. The molecule has 0 saturated carbocycles. The fourth-order valence-electron chi connectivity index (χ4n) is 0.439. The lowest BCUT2D eigenvalue weighted by atomic mass is 10.5. The first kappa shape index (κ1) is 9.90. The van der Waals surface area contributed by atoms with Gasteiger partial charge < -0.3 is 9.57 Å². The van der Waals surface area contributed by atoms with E-state index < -0.39 is 5.09 Å². The zero-order valence-electron chi connectivity index (χ0n) is 6.19. The molecule has 0 saturated heterocycles. The molecule has 0 aromatic carbocycles. The summed E-state index contributed by atoms with van der Waals surface area (Å²) in [6.45, 7) is 4.25. The third-order valence-corrected chi connectivity index (χ3v) is 0.891. The molecule has 0 radical (unpaired) electrons. The van der Waals surface area contributed by atoms with Gasteiger partial charge in [0.1, 0.15) is 6.61 Å². The van der Waals surface area contributed by atoms with Crippen LogP contribution in [0.15, 0.2) is 12.7 Å². The van der Waals surface area contributed by atoms with Crippen LogP contribution in [0.2, 0.25) is 0 Å². The van der Waals surface area contributed by atoms with E-state index in [9.17, 15) is 10.1 Å². The summed E-state index contributed by atoms with van der Waals surface area (Å²) in [6.07, 6.45) is 2.47. The van der Waals surface area contributed by atoms with Crippen molar-refractivity contribution >= 4 is 0 Å². The number of hydrogen-bond acceptors (Lipinski definition) is 4. The van der Waals surface area contributed by atoms with Crippen LogP contribution >= 0.6 is 0 Å². The molecule has 0 bridgehead atoms. The molecule has 0 aliphatic rings. The van der Waals surface area contributed by atoms with E-state index in [2.05, 4.69) is 11.4 Å². The van der Waals surface area contributed by atoms with Crippen LogP contribution in [0.4, 0.5) is 0 Å². The SMILES string of the molecule is C=CCCOCCO[N+](=O)[O-]. The summed E-state index contributed by atoms with van der Waals surface area (Å²) >= 11 is 0. The van der Waals surface area contributed by atoms with Crippen molar-refractivity contribution in [1.82, 2.24) is 0 Å². The van der Waals surface area contributed by atoms with Crippen LogP contribution < -0.4 is 0 Å². The van der Waals surface area contributed by atoms with Gasteiger partial charge in [0.25, 0.3) is 5.09 Å². The third-order valence-electron chi connectivity index (χ3n) is 0.891. The van der Waals surface area contributed by atoms with Crippen LogP contribution in [0.1, 0.15) is 6.42 Å². The Balaban J connectivity index is 2.90. The van der Waals surface area contributed by atoms with Gasteiger partial charge in [0.05, 0.1) is 13.2 Å². The molecule has 0 rings (SSSR count). The molecule has 5 heteroatoms. The fourth-order valence-corrected chi connectivity index (χ4v) is 0.439. The van der Waals surface area contributed by atoms with Gasteiger partial charge in [-0.2, -0.15) is 0 Å². The molecule has 0 N–H and O–H groups in total. The molecule has 0 unspecified atom stereocenters. The highest BCUT2D eigenvalue weighted by Gasteiger charge is 1.92. The number of ether oxygens (including phenoxy) is 1. The molecule has 0 aromatic heterocycles. The van der Waals surface area contributed by atoms with Gasteiger partial charge in [-0.25, -0.2) is 0 Å². The van der Waals surface area contributed by atoms with E-state index in [-0.39, 0.29) is 13.2 Å². The maximum absolute atomic E-state index is 9.60. The lowest BCUT2D eigenvalue weighted by Crippen LogP contribution is -2.08. The van der Waals surface area contributed by atoms with Crippen molar-refractivity contribution in [3.05, 3.63) is 22.8 Å². The quantitative estimate of drug-likeness (QED) is 0.239. The van der Waals surface area contributed by atoms with Crippen molar-refractivity contribution in [1.29, 1.82) is 0 Å². The average Bonchev–Trinajstić information content (AvgIpc) is 1.96. The Morgan fingerprint density at radius 3 is 2.73 bits per heavy atom. The molecule has 11 heavy (non-hydrogen) atoms. The largest absolute Gasteiger partial charge is 0.379 e. The minimum Gasteiger partial charge on any atom is -0.379 e. The Hall–Kier alpha value is -1.10.